The number of carbonyl (C=O) groups is 2. The zero-order chi connectivity index (χ0) is 18.8. The zero-order valence-corrected chi connectivity index (χ0v) is 16.3. The molecule has 1 aromatic rings. The summed E-state index contributed by atoms with van der Waals surface area (Å²) in [7, 11) is 2.09. The van der Waals surface area contributed by atoms with E-state index in [-0.39, 0.29) is 11.8 Å². The predicted molar refractivity (Wildman–Crippen MR) is 104 cm³/mol. The lowest BCUT2D eigenvalue weighted by atomic mass is 9.97. The Morgan fingerprint density at radius 3 is 2.31 bits per heavy atom. The van der Waals surface area contributed by atoms with Gasteiger partial charge in [0.05, 0.1) is 5.57 Å². The van der Waals surface area contributed by atoms with Gasteiger partial charge in [-0.2, -0.15) is 0 Å². The standard InChI is InChI=1S/C21H29N3O2/c1-5-6-9-24-20(25)18(17-8-7-15(2)14-16(17)3)19(21(24)26)23-12-10-22(4)11-13-23/h7-8,14H,5-6,9-13H2,1-4H3. The van der Waals surface area contributed by atoms with E-state index >= 15 is 0 Å². The summed E-state index contributed by atoms with van der Waals surface area (Å²) in [6.07, 6.45) is 1.80. The first kappa shape index (κ1) is 18.6. The Kier molecular flexibility index (Phi) is 5.47. The number of piperazine rings is 1. The molecule has 0 saturated carbocycles. The van der Waals surface area contributed by atoms with Crippen LogP contribution in [0.1, 0.15) is 36.5 Å². The molecule has 2 aliphatic heterocycles. The van der Waals surface area contributed by atoms with Crippen LogP contribution in [0.4, 0.5) is 0 Å². The average Bonchev–Trinajstić information content (AvgIpc) is 2.85. The molecule has 1 saturated heterocycles. The molecule has 3 rings (SSSR count). The van der Waals surface area contributed by atoms with Crippen molar-refractivity contribution < 1.29 is 9.59 Å². The van der Waals surface area contributed by atoms with Crippen molar-refractivity contribution in [3.8, 4) is 0 Å². The Morgan fingerprint density at radius 1 is 1.00 bits per heavy atom. The number of nitrogens with zero attached hydrogens (tertiary/aromatic N) is 3. The highest BCUT2D eigenvalue weighted by molar-refractivity contribution is 6.35. The topological polar surface area (TPSA) is 43.9 Å². The van der Waals surface area contributed by atoms with Crippen LogP contribution in [0.15, 0.2) is 23.9 Å². The van der Waals surface area contributed by atoms with E-state index < -0.39 is 0 Å². The molecule has 0 unspecified atom stereocenters. The number of likely N-dealkylation sites (N-methyl/N-ethyl adjacent to an activating group) is 1. The zero-order valence-electron chi connectivity index (χ0n) is 16.3. The highest BCUT2D eigenvalue weighted by Crippen LogP contribution is 2.34. The fraction of sp³-hybridized carbons (Fsp3) is 0.524. The second kappa shape index (κ2) is 7.62. The summed E-state index contributed by atoms with van der Waals surface area (Å²) < 4.78 is 0. The Morgan fingerprint density at radius 2 is 1.69 bits per heavy atom. The predicted octanol–water partition coefficient (Wildman–Crippen LogP) is 2.43. The van der Waals surface area contributed by atoms with Gasteiger partial charge in [-0.25, -0.2) is 0 Å². The molecule has 26 heavy (non-hydrogen) atoms. The van der Waals surface area contributed by atoms with E-state index in [0.717, 1.165) is 55.7 Å². The van der Waals surface area contributed by atoms with Gasteiger partial charge in [-0.15, -0.1) is 0 Å². The molecule has 5 heteroatoms. The molecule has 0 N–H and O–H groups in total. The molecule has 0 aliphatic carbocycles. The summed E-state index contributed by atoms with van der Waals surface area (Å²) in [5.41, 5.74) is 4.29. The molecule has 2 aliphatic rings. The van der Waals surface area contributed by atoms with Crippen molar-refractivity contribution in [3.63, 3.8) is 0 Å². The number of benzene rings is 1. The second-order valence-corrected chi connectivity index (χ2v) is 7.45. The van der Waals surface area contributed by atoms with Crippen LogP contribution in [-0.4, -0.2) is 66.3 Å². The van der Waals surface area contributed by atoms with Crippen LogP contribution in [0.3, 0.4) is 0 Å². The van der Waals surface area contributed by atoms with E-state index in [2.05, 4.69) is 29.8 Å². The SMILES string of the molecule is CCCCN1C(=O)C(c2ccc(C)cc2C)=C(N2CCN(C)CC2)C1=O. The quantitative estimate of drug-likeness (QED) is 0.761. The molecule has 0 atom stereocenters. The summed E-state index contributed by atoms with van der Waals surface area (Å²) in [4.78, 5) is 32.2. The second-order valence-electron chi connectivity index (χ2n) is 7.45. The molecule has 0 aromatic heterocycles. The third-order valence-corrected chi connectivity index (χ3v) is 5.35. The number of aryl methyl sites for hydroxylation is 2. The molecular formula is C21H29N3O2. The van der Waals surface area contributed by atoms with Crippen molar-refractivity contribution in [3.05, 3.63) is 40.6 Å². The number of hydrogen-bond acceptors (Lipinski definition) is 4. The maximum absolute atomic E-state index is 13.2. The van der Waals surface area contributed by atoms with Crippen molar-refractivity contribution in [2.75, 3.05) is 39.8 Å². The van der Waals surface area contributed by atoms with Crippen LogP contribution in [0.5, 0.6) is 0 Å². The van der Waals surface area contributed by atoms with Crippen LogP contribution >= 0.6 is 0 Å². The number of carbonyl (C=O) groups excluding carboxylic acids is 2. The average molecular weight is 355 g/mol. The lowest BCUT2D eigenvalue weighted by molar-refractivity contribution is -0.137. The van der Waals surface area contributed by atoms with Crippen LogP contribution in [0.25, 0.3) is 5.57 Å². The number of amides is 2. The van der Waals surface area contributed by atoms with Gasteiger partial charge in [0.15, 0.2) is 0 Å². The fourth-order valence-corrected chi connectivity index (χ4v) is 3.74. The van der Waals surface area contributed by atoms with Gasteiger partial charge >= 0.3 is 0 Å². The van der Waals surface area contributed by atoms with Gasteiger partial charge in [-0.1, -0.05) is 37.1 Å². The maximum atomic E-state index is 13.2. The third-order valence-electron chi connectivity index (χ3n) is 5.35. The molecule has 1 aromatic carbocycles. The van der Waals surface area contributed by atoms with E-state index in [0.29, 0.717) is 17.8 Å². The lowest BCUT2D eigenvalue weighted by Crippen LogP contribution is -2.46. The summed E-state index contributed by atoms with van der Waals surface area (Å²) in [6.45, 7) is 10.00. The molecule has 140 valence electrons. The van der Waals surface area contributed by atoms with Crippen LogP contribution < -0.4 is 0 Å². The number of imide groups is 1. The first-order valence-electron chi connectivity index (χ1n) is 9.55. The highest BCUT2D eigenvalue weighted by Gasteiger charge is 2.41. The molecule has 0 bridgehead atoms. The largest absolute Gasteiger partial charge is 0.364 e. The van der Waals surface area contributed by atoms with Crippen LogP contribution in [0.2, 0.25) is 0 Å². The summed E-state index contributed by atoms with van der Waals surface area (Å²) in [5, 5.41) is 0. The van der Waals surface area contributed by atoms with E-state index in [1.807, 2.05) is 26.0 Å². The van der Waals surface area contributed by atoms with Crippen LogP contribution in [-0.2, 0) is 9.59 Å². The monoisotopic (exact) mass is 355 g/mol. The first-order valence-corrected chi connectivity index (χ1v) is 9.55. The van der Waals surface area contributed by atoms with Gasteiger partial charge in [-0.05, 0) is 38.4 Å². The van der Waals surface area contributed by atoms with Crippen LogP contribution in [0, 0.1) is 13.8 Å². The Hall–Kier alpha value is -2.14. The number of rotatable bonds is 5. The van der Waals surface area contributed by atoms with E-state index in [1.54, 1.807) is 0 Å². The van der Waals surface area contributed by atoms with Crippen molar-refractivity contribution in [1.29, 1.82) is 0 Å². The van der Waals surface area contributed by atoms with E-state index in [9.17, 15) is 9.59 Å². The number of hydrogen-bond donors (Lipinski definition) is 0. The van der Waals surface area contributed by atoms with Gasteiger partial charge in [0.1, 0.15) is 5.70 Å². The summed E-state index contributed by atoms with van der Waals surface area (Å²) in [5.74, 6) is -0.257. The van der Waals surface area contributed by atoms with Gasteiger partial charge < -0.3 is 9.80 Å². The minimum absolute atomic E-state index is 0.122. The normalized spacial score (nSPS) is 19.1. The Balaban J connectivity index is 2.05. The molecule has 5 nitrogen and oxygen atoms in total. The Labute approximate surface area is 156 Å². The fourth-order valence-electron chi connectivity index (χ4n) is 3.74. The third kappa shape index (κ3) is 3.40. The van der Waals surface area contributed by atoms with Crippen molar-refractivity contribution in [2.24, 2.45) is 0 Å². The number of unbranched alkanes of at least 4 members (excludes halogenated alkanes) is 1. The molecular weight excluding hydrogens is 326 g/mol. The first-order chi connectivity index (χ1) is 12.4. The molecule has 0 radical (unpaired) electrons. The molecule has 2 amide bonds. The van der Waals surface area contributed by atoms with E-state index in [4.69, 9.17) is 0 Å². The molecule has 0 spiro atoms. The van der Waals surface area contributed by atoms with Crippen molar-refractivity contribution in [2.45, 2.75) is 33.6 Å². The molecule has 1 fully saturated rings. The highest BCUT2D eigenvalue weighted by atomic mass is 16.2. The van der Waals surface area contributed by atoms with Gasteiger partial charge in [0.2, 0.25) is 0 Å². The molecule has 2 heterocycles. The minimum Gasteiger partial charge on any atom is -0.364 e. The summed E-state index contributed by atoms with van der Waals surface area (Å²) in [6, 6.07) is 6.09. The van der Waals surface area contributed by atoms with Crippen molar-refractivity contribution in [1.82, 2.24) is 14.7 Å². The van der Waals surface area contributed by atoms with E-state index in [1.165, 1.54) is 4.90 Å². The lowest BCUT2D eigenvalue weighted by Gasteiger charge is -2.34. The summed E-state index contributed by atoms with van der Waals surface area (Å²) >= 11 is 0. The Bertz CT molecular complexity index is 746. The maximum Gasteiger partial charge on any atom is 0.277 e. The minimum atomic E-state index is -0.135. The van der Waals surface area contributed by atoms with Crippen molar-refractivity contribution >= 4 is 17.4 Å². The van der Waals surface area contributed by atoms with Gasteiger partial charge in [0.25, 0.3) is 11.8 Å². The smallest absolute Gasteiger partial charge is 0.277 e. The van der Waals surface area contributed by atoms with Gasteiger partial charge in [0, 0.05) is 32.7 Å². The van der Waals surface area contributed by atoms with Gasteiger partial charge in [-0.3, -0.25) is 14.5 Å².